The summed E-state index contributed by atoms with van der Waals surface area (Å²) in [6.45, 7) is 0. The minimum atomic E-state index is -1.29. The molecule has 2 aliphatic heterocycles. The summed E-state index contributed by atoms with van der Waals surface area (Å²) in [5.41, 5.74) is 6.14. The summed E-state index contributed by atoms with van der Waals surface area (Å²) < 4.78 is 5.16. The van der Waals surface area contributed by atoms with E-state index in [2.05, 4.69) is 20.6 Å². The maximum absolute atomic E-state index is 13.3. The number of hydrogen-bond acceptors (Lipinski definition) is 12. The normalized spacial score (nSPS) is 21.2. The SMILES string of the molecule is CN(C)C(=O)c1cc(/C=C/C2=C(C(=O)O)N3C(=O)C(NC(=O)/C(=N\OC4CCCC4)c4csc(N)n4)C3SC2)on1. The summed E-state index contributed by atoms with van der Waals surface area (Å²) in [5.74, 6) is -2.40. The standard InChI is InChI=1S/C25H27N7O7S2/c1-31(2)21(34)15-9-14(39-29-15)8-7-12-10-40-23-18(22(35)32(23)19(12)24(36)37)28-20(33)17(16-11-41-25(26)27-16)30-38-13-5-3-4-6-13/h7-9,11,13,18,23H,3-6,10H2,1-2H3,(H2,26,27)(H,28,33)(H,36,37)/b8-7+,30-17-. The van der Waals surface area contributed by atoms with Crippen LogP contribution in [-0.4, -0.2) is 91.8 Å². The number of thioether (sulfide) groups is 1. The van der Waals surface area contributed by atoms with Crippen LogP contribution in [0.1, 0.15) is 47.6 Å². The van der Waals surface area contributed by atoms with E-state index in [0.717, 1.165) is 41.9 Å². The van der Waals surface area contributed by atoms with Gasteiger partial charge < -0.3 is 30.4 Å². The van der Waals surface area contributed by atoms with E-state index in [-0.39, 0.29) is 51.5 Å². The monoisotopic (exact) mass is 601 g/mol. The van der Waals surface area contributed by atoms with Crippen molar-refractivity contribution < 1.29 is 33.6 Å². The Labute approximate surface area is 242 Å². The number of carbonyl (C=O) groups excluding carboxylic acids is 3. The predicted octanol–water partition coefficient (Wildman–Crippen LogP) is 1.53. The summed E-state index contributed by atoms with van der Waals surface area (Å²) in [6.07, 6.45) is 6.59. The summed E-state index contributed by atoms with van der Waals surface area (Å²) in [5, 5.41) is 21.6. The molecule has 3 amide bonds. The minimum absolute atomic E-state index is 0.102. The van der Waals surface area contributed by atoms with Crippen LogP contribution in [0, 0.1) is 0 Å². The zero-order chi connectivity index (χ0) is 29.3. The lowest BCUT2D eigenvalue weighted by Gasteiger charge is -2.49. The van der Waals surface area contributed by atoms with Crippen molar-refractivity contribution in [2.24, 2.45) is 5.16 Å². The Balaban J connectivity index is 1.31. The number of anilines is 1. The lowest BCUT2D eigenvalue weighted by atomic mass is 10.0. The van der Waals surface area contributed by atoms with Crippen LogP contribution in [0.3, 0.4) is 0 Å². The van der Waals surface area contributed by atoms with Crippen molar-refractivity contribution in [3.63, 3.8) is 0 Å². The van der Waals surface area contributed by atoms with Gasteiger partial charge in [-0.25, -0.2) is 9.78 Å². The molecule has 4 heterocycles. The van der Waals surface area contributed by atoms with Gasteiger partial charge in [0.15, 0.2) is 22.3 Å². The third-order valence-corrected chi connectivity index (χ3v) is 8.64. The third-order valence-electron chi connectivity index (χ3n) is 6.66. The molecule has 0 radical (unpaired) electrons. The number of β-lactam (4-membered cyclic amide) rings is 1. The zero-order valence-electron chi connectivity index (χ0n) is 22.1. The fourth-order valence-corrected chi connectivity index (χ4v) is 6.45. The van der Waals surface area contributed by atoms with E-state index in [1.165, 1.54) is 34.9 Å². The van der Waals surface area contributed by atoms with Gasteiger partial charge in [-0.05, 0) is 37.3 Å². The van der Waals surface area contributed by atoms with E-state index < -0.39 is 29.2 Å². The first kappa shape index (κ1) is 28.4. The number of aromatic nitrogens is 2. The highest BCUT2D eigenvalue weighted by molar-refractivity contribution is 8.00. The van der Waals surface area contributed by atoms with Crippen LogP contribution in [0.25, 0.3) is 6.08 Å². The average Bonchev–Trinajstić information content (AvgIpc) is 3.72. The molecule has 2 unspecified atom stereocenters. The molecule has 0 aromatic carbocycles. The van der Waals surface area contributed by atoms with Crippen molar-refractivity contribution in [1.29, 1.82) is 0 Å². The average molecular weight is 602 g/mol. The van der Waals surface area contributed by atoms with Gasteiger partial charge in [-0.2, -0.15) is 0 Å². The fraction of sp³-hybridized carbons (Fsp3) is 0.400. The highest BCUT2D eigenvalue weighted by Gasteiger charge is 2.54. The number of carbonyl (C=O) groups is 4. The van der Waals surface area contributed by atoms with Gasteiger partial charge >= 0.3 is 5.97 Å². The first-order chi connectivity index (χ1) is 19.6. The number of aliphatic carboxylic acids is 1. The van der Waals surface area contributed by atoms with E-state index in [0.29, 0.717) is 5.57 Å². The van der Waals surface area contributed by atoms with Crippen LogP contribution >= 0.6 is 23.1 Å². The molecule has 3 aliphatic rings. The van der Waals surface area contributed by atoms with Gasteiger partial charge in [0.2, 0.25) is 0 Å². The number of amides is 3. The van der Waals surface area contributed by atoms with Gasteiger partial charge in [0.1, 0.15) is 28.9 Å². The maximum atomic E-state index is 13.3. The molecule has 1 saturated heterocycles. The number of oxime groups is 1. The van der Waals surface area contributed by atoms with Gasteiger partial charge in [-0.3, -0.25) is 19.3 Å². The molecule has 14 nitrogen and oxygen atoms in total. The fourth-order valence-electron chi connectivity index (χ4n) is 4.58. The highest BCUT2D eigenvalue weighted by atomic mass is 32.2. The number of rotatable bonds is 9. The smallest absolute Gasteiger partial charge is 0.352 e. The Morgan fingerprint density at radius 3 is 2.68 bits per heavy atom. The number of carboxylic acid groups (broad SMARTS) is 1. The summed E-state index contributed by atoms with van der Waals surface area (Å²) in [6, 6.07) is 0.457. The summed E-state index contributed by atoms with van der Waals surface area (Å²) in [7, 11) is 3.16. The van der Waals surface area contributed by atoms with Crippen LogP contribution in [0.2, 0.25) is 0 Å². The molecular weight excluding hydrogens is 574 g/mol. The second-order valence-corrected chi connectivity index (χ2v) is 11.7. The molecule has 0 bridgehead atoms. The van der Waals surface area contributed by atoms with E-state index in [1.54, 1.807) is 19.5 Å². The van der Waals surface area contributed by atoms with Crippen molar-refractivity contribution in [2.45, 2.75) is 43.2 Å². The minimum Gasteiger partial charge on any atom is -0.477 e. The Kier molecular flexibility index (Phi) is 8.12. The molecule has 2 fully saturated rings. The van der Waals surface area contributed by atoms with Gasteiger partial charge in [-0.1, -0.05) is 16.4 Å². The van der Waals surface area contributed by atoms with Crippen LogP contribution in [-0.2, 0) is 19.2 Å². The number of nitrogen functional groups attached to an aromatic ring is 1. The molecular formula is C25H27N7O7S2. The molecule has 1 aliphatic carbocycles. The van der Waals surface area contributed by atoms with E-state index in [1.807, 2.05) is 0 Å². The number of hydrogen-bond donors (Lipinski definition) is 3. The lowest BCUT2D eigenvalue weighted by Crippen LogP contribution is -2.71. The number of fused-ring (bicyclic) bond motifs is 1. The van der Waals surface area contributed by atoms with Gasteiger partial charge in [0.05, 0.1) is 0 Å². The van der Waals surface area contributed by atoms with Crippen molar-refractivity contribution >= 4 is 63.7 Å². The number of allylic oxidation sites excluding steroid dienone is 1. The van der Waals surface area contributed by atoms with Gasteiger partial charge in [0.25, 0.3) is 17.7 Å². The second-order valence-electron chi connectivity index (χ2n) is 9.71. The topological polar surface area (TPSA) is 194 Å². The maximum Gasteiger partial charge on any atom is 0.352 e. The van der Waals surface area contributed by atoms with Gasteiger partial charge in [0, 0.05) is 31.3 Å². The first-order valence-electron chi connectivity index (χ1n) is 12.7. The summed E-state index contributed by atoms with van der Waals surface area (Å²) in [4.78, 5) is 62.9. The Bertz CT molecular complexity index is 1470. The molecule has 2 atom stereocenters. The molecule has 5 rings (SSSR count). The molecule has 0 spiro atoms. The van der Waals surface area contributed by atoms with E-state index in [4.69, 9.17) is 15.1 Å². The molecule has 16 heteroatoms. The van der Waals surface area contributed by atoms with Crippen molar-refractivity contribution in [3.05, 3.63) is 45.9 Å². The van der Waals surface area contributed by atoms with Gasteiger partial charge in [-0.15, -0.1) is 23.1 Å². The third kappa shape index (κ3) is 5.83. The zero-order valence-corrected chi connectivity index (χ0v) is 23.7. The molecule has 2 aromatic heterocycles. The van der Waals surface area contributed by atoms with Crippen molar-refractivity contribution in [1.82, 2.24) is 25.3 Å². The highest BCUT2D eigenvalue weighted by Crippen LogP contribution is 2.41. The largest absolute Gasteiger partial charge is 0.477 e. The quantitative estimate of drug-likeness (QED) is 0.214. The number of nitrogens with two attached hydrogens (primary N) is 1. The molecule has 1 saturated carbocycles. The molecule has 4 N–H and O–H groups in total. The number of thiazole rings is 1. The van der Waals surface area contributed by atoms with Crippen molar-refractivity contribution in [3.8, 4) is 0 Å². The van der Waals surface area contributed by atoms with Crippen LogP contribution in [0.5, 0.6) is 0 Å². The van der Waals surface area contributed by atoms with E-state index in [9.17, 15) is 24.3 Å². The lowest BCUT2D eigenvalue weighted by molar-refractivity contribution is -0.150. The van der Waals surface area contributed by atoms with Crippen LogP contribution < -0.4 is 11.1 Å². The number of nitrogens with one attached hydrogen (secondary N) is 1. The van der Waals surface area contributed by atoms with Crippen molar-refractivity contribution in [2.75, 3.05) is 25.6 Å². The number of nitrogens with zero attached hydrogens (tertiary/aromatic N) is 5. The summed E-state index contributed by atoms with van der Waals surface area (Å²) >= 11 is 2.44. The Morgan fingerprint density at radius 1 is 1.27 bits per heavy atom. The predicted molar refractivity (Wildman–Crippen MR) is 150 cm³/mol. The van der Waals surface area contributed by atoms with E-state index >= 15 is 0 Å². The first-order valence-corrected chi connectivity index (χ1v) is 14.6. The van der Waals surface area contributed by atoms with Crippen LogP contribution in [0.15, 0.2) is 38.5 Å². The van der Waals surface area contributed by atoms with Crippen LogP contribution in [0.4, 0.5) is 5.13 Å². The number of carboxylic acids is 1. The molecule has 216 valence electrons. The molecule has 41 heavy (non-hydrogen) atoms. The second kappa shape index (κ2) is 11.7. The Hall–Kier alpha value is -4.18. The molecule has 2 aromatic rings. The Morgan fingerprint density at radius 2 is 2.02 bits per heavy atom.